The molecule has 4 nitrogen and oxygen atoms in total. The number of rotatable bonds is 3. The number of anilines is 1. The first-order valence-corrected chi connectivity index (χ1v) is 7.26. The molecular formula is C14H17N3OS. The highest BCUT2D eigenvalue weighted by Crippen LogP contribution is 2.43. The van der Waals surface area contributed by atoms with Gasteiger partial charge < -0.3 is 11.1 Å². The average Bonchev–Trinajstić information content (AvgIpc) is 3.08. The van der Waals surface area contributed by atoms with E-state index in [4.69, 9.17) is 5.73 Å². The molecule has 5 heteroatoms. The predicted molar refractivity (Wildman–Crippen MR) is 78.5 cm³/mol. The summed E-state index contributed by atoms with van der Waals surface area (Å²) in [7, 11) is 0. The molecule has 1 heterocycles. The molecule has 1 aliphatic rings. The zero-order chi connectivity index (χ0) is 13.6. The van der Waals surface area contributed by atoms with Gasteiger partial charge in [0.25, 0.3) is 0 Å². The quantitative estimate of drug-likeness (QED) is 0.905. The van der Waals surface area contributed by atoms with Gasteiger partial charge >= 0.3 is 0 Å². The zero-order valence-corrected chi connectivity index (χ0v) is 11.9. The van der Waals surface area contributed by atoms with Crippen LogP contribution < -0.4 is 11.1 Å². The van der Waals surface area contributed by atoms with Gasteiger partial charge in [0, 0.05) is 11.6 Å². The summed E-state index contributed by atoms with van der Waals surface area (Å²) in [5.74, 6) is 0.484. The number of thiazole rings is 1. The van der Waals surface area contributed by atoms with E-state index >= 15 is 0 Å². The van der Waals surface area contributed by atoms with Crippen LogP contribution >= 0.6 is 11.3 Å². The Labute approximate surface area is 116 Å². The first kappa shape index (κ1) is 12.6. The molecule has 0 bridgehead atoms. The van der Waals surface area contributed by atoms with E-state index in [0.29, 0.717) is 5.92 Å². The second kappa shape index (κ2) is 4.28. The summed E-state index contributed by atoms with van der Waals surface area (Å²) in [5, 5.41) is 4.06. The van der Waals surface area contributed by atoms with Crippen molar-refractivity contribution in [2.45, 2.75) is 38.1 Å². The molecule has 0 radical (unpaired) electrons. The highest BCUT2D eigenvalue weighted by Gasteiger charge is 2.27. The number of carbonyl (C=O) groups is 1. The van der Waals surface area contributed by atoms with Gasteiger partial charge in [-0.05, 0) is 44.9 Å². The normalized spacial score (nSPS) is 15.7. The lowest BCUT2D eigenvalue weighted by molar-refractivity contribution is -0.120. The molecule has 1 aliphatic carbocycles. The molecule has 0 saturated heterocycles. The summed E-state index contributed by atoms with van der Waals surface area (Å²) in [6.45, 7) is 3.39. The molecule has 19 heavy (non-hydrogen) atoms. The Hall–Kier alpha value is -1.46. The van der Waals surface area contributed by atoms with Gasteiger partial charge in [0.1, 0.15) is 0 Å². The Balaban J connectivity index is 1.86. The first-order chi connectivity index (χ1) is 8.93. The second-order valence-corrected chi connectivity index (χ2v) is 6.75. The Morgan fingerprint density at radius 3 is 2.84 bits per heavy atom. The Kier molecular flexibility index (Phi) is 2.83. The lowest BCUT2D eigenvalue weighted by Crippen LogP contribution is -2.45. The highest BCUT2D eigenvalue weighted by molar-refractivity contribution is 7.18. The minimum atomic E-state index is -0.873. The van der Waals surface area contributed by atoms with E-state index < -0.39 is 5.54 Å². The number of hydrogen-bond donors (Lipinski definition) is 2. The molecule has 3 rings (SSSR count). The van der Waals surface area contributed by atoms with Crippen LogP contribution in [0.3, 0.4) is 0 Å². The van der Waals surface area contributed by atoms with Crippen molar-refractivity contribution in [1.29, 1.82) is 0 Å². The number of carbonyl (C=O) groups excluding carboxylic acids is 1. The third kappa shape index (κ3) is 2.62. The number of nitrogens with two attached hydrogens (primary N) is 1. The number of aromatic nitrogens is 1. The molecule has 1 amide bonds. The number of amides is 1. The van der Waals surface area contributed by atoms with Crippen molar-refractivity contribution in [1.82, 2.24) is 4.98 Å². The van der Waals surface area contributed by atoms with Crippen LogP contribution in [0.5, 0.6) is 0 Å². The molecule has 2 aromatic rings. The fraction of sp³-hybridized carbons (Fsp3) is 0.429. The molecule has 0 spiro atoms. The third-order valence-electron chi connectivity index (χ3n) is 3.17. The van der Waals surface area contributed by atoms with Gasteiger partial charge in [-0.1, -0.05) is 0 Å². The van der Waals surface area contributed by atoms with E-state index in [1.165, 1.54) is 17.8 Å². The number of nitrogens with one attached hydrogen (secondary N) is 1. The summed E-state index contributed by atoms with van der Waals surface area (Å²) < 4.78 is 1.12. The Morgan fingerprint density at radius 2 is 2.21 bits per heavy atom. The monoisotopic (exact) mass is 275 g/mol. The smallest absolute Gasteiger partial charge is 0.243 e. The van der Waals surface area contributed by atoms with E-state index in [1.54, 1.807) is 25.2 Å². The minimum absolute atomic E-state index is 0.182. The summed E-state index contributed by atoms with van der Waals surface area (Å²) in [5.41, 5.74) is 6.69. The summed E-state index contributed by atoms with van der Waals surface area (Å²) in [4.78, 5) is 16.5. The maximum Gasteiger partial charge on any atom is 0.243 e. The van der Waals surface area contributed by atoms with Crippen LogP contribution in [0.25, 0.3) is 10.2 Å². The molecule has 1 aromatic heterocycles. The Morgan fingerprint density at radius 1 is 1.47 bits per heavy atom. The number of benzene rings is 1. The fourth-order valence-electron chi connectivity index (χ4n) is 1.82. The van der Waals surface area contributed by atoms with Gasteiger partial charge in [-0.25, -0.2) is 4.98 Å². The Bertz CT molecular complexity index is 638. The van der Waals surface area contributed by atoms with E-state index in [-0.39, 0.29) is 5.91 Å². The van der Waals surface area contributed by atoms with Gasteiger partial charge in [-0.15, -0.1) is 11.3 Å². The standard InChI is InChI=1S/C14H17N3OS/c1-14(2,15)13(18)16-9-5-6-10-11(7-9)19-12(17-10)8-3-4-8/h5-8H,3-4,15H2,1-2H3,(H,16,18). The number of nitrogens with zero attached hydrogens (tertiary/aromatic N) is 1. The summed E-state index contributed by atoms with van der Waals surface area (Å²) >= 11 is 1.72. The van der Waals surface area contributed by atoms with E-state index in [9.17, 15) is 4.79 Å². The molecule has 1 fully saturated rings. The highest BCUT2D eigenvalue weighted by atomic mass is 32.1. The average molecular weight is 275 g/mol. The topological polar surface area (TPSA) is 68.0 Å². The first-order valence-electron chi connectivity index (χ1n) is 6.44. The fourth-order valence-corrected chi connectivity index (χ4v) is 2.99. The van der Waals surface area contributed by atoms with Crippen molar-refractivity contribution < 1.29 is 4.79 Å². The largest absolute Gasteiger partial charge is 0.324 e. The van der Waals surface area contributed by atoms with Crippen LogP contribution in [0.1, 0.15) is 37.6 Å². The molecule has 0 atom stereocenters. The van der Waals surface area contributed by atoms with Gasteiger partial charge in [0.15, 0.2) is 0 Å². The van der Waals surface area contributed by atoms with E-state index in [1.807, 2.05) is 18.2 Å². The second-order valence-electron chi connectivity index (χ2n) is 5.68. The van der Waals surface area contributed by atoms with Crippen molar-refractivity contribution in [2.75, 3.05) is 5.32 Å². The number of hydrogen-bond acceptors (Lipinski definition) is 4. The van der Waals surface area contributed by atoms with Crippen LogP contribution in [-0.2, 0) is 4.79 Å². The van der Waals surface area contributed by atoms with Crippen molar-refractivity contribution in [3.05, 3.63) is 23.2 Å². The molecule has 1 aromatic carbocycles. The molecule has 1 saturated carbocycles. The van der Waals surface area contributed by atoms with Crippen LogP contribution in [0.15, 0.2) is 18.2 Å². The van der Waals surface area contributed by atoms with Crippen LogP contribution in [-0.4, -0.2) is 16.4 Å². The van der Waals surface area contributed by atoms with Crippen LogP contribution in [0.4, 0.5) is 5.69 Å². The summed E-state index contributed by atoms with van der Waals surface area (Å²) in [6, 6.07) is 5.81. The lowest BCUT2D eigenvalue weighted by atomic mass is 10.1. The molecular weight excluding hydrogens is 258 g/mol. The minimum Gasteiger partial charge on any atom is -0.324 e. The molecule has 100 valence electrons. The number of fused-ring (bicyclic) bond motifs is 1. The maximum atomic E-state index is 11.8. The zero-order valence-electron chi connectivity index (χ0n) is 11.1. The van der Waals surface area contributed by atoms with E-state index in [0.717, 1.165) is 15.9 Å². The lowest BCUT2D eigenvalue weighted by Gasteiger charge is -2.17. The van der Waals surface area contributed by atoms with Crippen LogP contribution in [0.2, 0.25) is 0 Å². The van der Waals surface area contributed by atoms with Crippen molar-refractivity contribution >= 4 is 33.1 Å². The predicted octanol–water partition coefficient (Wildman–Crippen LogP) is 2.85. The molecule has 0 aliphatic heterocycles. The molecule has 0 unspecified atom stereocenters. The maximum absolute atomic E-state index is 11.8. The van der Waals surface area contributed by atoms with E-state index in [2.05, 4.69) is 10.3 Å². The van der Waals surface area contributed by atoms with Crippen molar-refractivity contribution in [3.8, 4) is 0 Å². The molecule has 3 N–H and O–H groups in total. The van der Waals surface area contributed by atoms with Crippen molar-refractivity contribution in [2.24, 2.45) is 5.73 Å². The third-order valence-corrected chi connectivity index (χ3v) is 4.36. The van der Waals surface area contributed by atoms with Crippen LogP contribution in [0, 0.1) is 0 Å². The van der Waals surface area contributed by atoms with Gasteiger partial charge in [0.2, 0.25) is 5.91 Å². The van der Waals surface area contributed by atoms with Gasteiger partial charge in [-0.3, -0.25) is 4.79 Å². The summed E-state index contributed by atoms with van der Waals surface area (Å²) in [6.07, 6.45) is 2.51. The van der Waals surface area contributed by atoms with Crippen molar-refractivity contribution in [3.63, 3.8) is 0 Å². The SMILES string of the molecule is CC(C)(N)C(=O)Nc1ccc2nc(C3CC3)sc2c1. The van der Waals surface area contributed by atoms with Gasteiger partial charge in [0.05, 0.1) is 20.8 Å². The van der Waals surface area contributed by atoms with Gasteiger partial charge in [-0.2, -0.15) is 0 Å².